The van der Waals surface area contributed by atoms with Crippen LogP contribution in [-0.4, -0.2) is 0 Å². The molecule has 0 spiro atoms. The van der Waals surface area contributed by atoms with Crippen LogP contribution in [0.1, 0.15) is 43.6 Å². The Kier molecular flexibility index (Phi) is 7.39. The van der Waals surface area contributed by atoms with E-state index in [9.17, 15) is 0 Å². The van der Waals surface area contributed by atoms with Gasteiger partial charge in [-0.3, -0.25) is 0 Å². The monoisotopic (exact) mass is 344 g/mol. The third-order valence-electron chi connectivity index (χ3n) is 4.54. The number of rotatable bonds is 2. The van der Waals surface area contributed by atoms with E-state index in [0.29, 0.717) is 0 Å². The summed E-state index contributed by atoms with van der Waals surface area (Å²) in [6, 6.07) is 27.8. The molecule has 0 unspecified atom stereocenters. The Hall–Kier alpha value is -1.56. The van der Waals surface area contributed by atoms with Gasteiger partial charge in [-0.1, -0.05) is 43.5 Å². The maximum Gasteiger partial charge on any atom is 2.00 e. The van der Waals surface area contributed by atoms with Crippen LogP contribution in [0.3, 0.4) is 0 Å². The molecule has 23 heavy (non-hydrogen) atoms. The van der Waals surface area contributed by atoms with Gasteiger partial charge in [0.15, 0.2) is 0 Å². The van der Waals surface area contributed by atoms with Gasteiger partial charge in [-0.05, 0) is 24.3 Å². The molecule has 0 aliphatic heterocycles. The molecule has 0 radical (unpaired) electrons. The summed E-state index contributed by atoms with van der Waals surface area (Å²) in [6.07, 6.45) is 7.03. The summed E-state index contributed by atoms with van der Waals surface area (Å²) >= 11 is 0. The zero-order valence-corrected chi connectivity index (χ0v) is 14.6. The van der Waals surface area contributed by atoms with Crippen LogP contribution in [0.2, 0.25) is 0 Å². The van der Waals surface area contributed by atoms with E-state index in [-0.39, 0.29) is 17.1 Å². The molecule has 0 amide bonds. The third-order valence-corrected chi connectivity index (χ3v) is 4.54. The van der Waals surface area contributed by atoms with Crippen LogP contribution in [0.15, 0.2) is 78.9 Å². The van der Waals surface area contributed by atoms with Crippen molar-refractivity contribution in [2.24, 2.45) is 0 Å². The van der Waals surface area contributed by atoms with E-state index in [2.05, 4.69) is 48.5 Å². The van der Waals surface area contributed by atoms with Gasteiger partial charge >= 0.3 is 17.1 Å². The Balaban J connectivity index is 0.000000276. The first kappa shape index (κ1) is 17.8. The fourth-order valence-corrected chi connectivity index (χ4v) is 3.27. The van der Waals surface area contributed by atoms with Crippen LogP contribution in [0, 0.1) is 0 Å². The molecular formula is C22H24Fe. The Morgan fingerprint density at radius 3 is 1.96 bits per heavy atom. The molecule has 0 bridgehead atoms. The quantitative estimate of drug-likeness (QED) is 0.366. The zero-order valence-electron chi connectivity index (χ0n) is 13.5. The van der Waals surface area contributed by atoms with Gasteiger partial charge in [0.25, 0.3) is 0 Å². The number of hydrogen-bond donors (Lipinski definition) is 0. The van der Waals surface area contributed by atoms with E-state index in [1.54, 1.807) is 5.56 Å². The molecular weight excluding hydrogens is 320 g/mol. The van der Waals surface area contributed by atoms with Crippen molar-refractivity contribution in [2.75, 3.05) is 0 Å². The van der Waals surface area contributed by atoms with Crippen LogP contribution >= 0.6 is 0 Å². The van der Waals surface area contributed by atoms with Gasteiger partial charge in [-0.15, -0.1) is 11.6 Å². The van der Waals surface area contributed by atoms with E-state index in [4.69, 9.17) is 0 Å². The van der Waals surface area contributed by atoms with Crippen molar-refractivity contribution in [1.29, 1.82) is 0 Å². The molecule has 0 nitrogen and oxygen atoms in total. The normalized spacial score (nSPS) is 14.4. The van der Waals surface area contributed by atoms with Gasteiger partial charge in [0.05, 0.1) is 0 Å². The summed E-state index contributed by atoms with van der Waals surface area (Å²) in [7, 11) is 0. The summed E-state index contributed by atoms with van der Waals surface area (Å²) in [5, 5.41) is 0. The van der Waals surface area contributed by atoms with Crippen LogP contribution < -0.4 is 0 Å². The summed E-state index contributed by atoms with van der Waals surface area (Å²) in [5.41, 5.74) is 4.22. The maximum atomic E-state index is 2.33. The Bertz CT molecular complexity index is 594. The maximum absolute atomic E-state index is 2.33. The fraction of sp³-hybridized carbons (Fsp3) is 0.273. The molecule has 0 aromatic heterocycles. The fourth-order valence-electron chi connectivity index (χ4n) is 3.27. The zero-order chi connectivity index (χ0) is 15.0. The largest absolute Gasteiger partial charge is 2.00 e. The summed E-state index contributed by atoms with van der Waals surface area (Å²) in [5.74, 6) is 0.817. The summed E-state index contributed by atoms with van der Waals surface area (Å²) < 4.78 is 0. The van der Waals surface area contributed by atoms with Crippen LogP contribution in [0.5, 0.6) is 0 Å². The second kappa shape index (κ2) is 9.55. The molecule has 4 rings (SSSR count). The van der Waals surface area contributed by atoms with Crippen molar-refractivity contribution in [3.63, 3.8) is 0 Å². The Morgan fingerprint density at radius 1 is 0.739 bits per heavy atom. The molecule has 1 saturated carbocycles. The van der Waals surface area contributed by atoms with Crippen molar-refractivity contribution in [1.82, 2.24) is 0 Å². The molecule has 1 aliphatic rings. The third kappa shape index (κ3) is 5.23. The van der Waals surface area contributed by atoms with Crippen molar-refractivity contribution >= 4 is 0 Å². The molecule has 1 fully saturated rings. The van der Waals surface area contributed by atoms with E-state index >= 15 is 0 Å². The molecule has 0 atom stereocenters. The van der Waals surface area contributed by atoms with Crippen molar-refractivity contribution < 1.29 is 17.1 Å². The first-order valence-electron chi connectivity index (χ1n) is 8.42. The molecule has 3 aromatic carbocycles. The first-order valence-corrected chi connectivity index (χ1v) is 8.42. The van der Waals surface area contributed by atoms with E-state index in [0.717, 1.165) is 5.92 Å². The van der Waals surface area contributed by atoms with Crippen molar-refractivity contribution in [3.05, 3.63) is 84.4 Å². The van der Waals surface area contributed by atoms with E-state index in [1.807, 2.05) is 30.3 Å². The summed E-state index contributed by atoms with van der Waals surface area (Å²) in [6.45, 7) is 0. The topological polar surface area (TPSA) is 0 Å². The van der Waals surface area contributed by atoms with E-state index < -0.39 is 0 Å². The minimum absolute atomic E-state index is 0. The number of benzene rings is 1. The molecule has 0 N–H and O–H groups in total. The SMILES string of the molecule is [Fe+2].c1c[cH-]c(-c2ccc(C3CCCCC3)cc2)c1.c1cc[cH-]c1. The minimum Gasteiger partial charge on any atom is -0.214 e. The van der Waals surface area contributed by atoms with Crippen LogP contribution in [0.4, 0.5) is 0 Å². The standard InChI is InChI=1S/C17H19.C5H5.Fe/c1-2-6-14(7-3-1)16-10-12-17(13-11-16)15-8-4-5-9-15;1-2-4-5-3-1;/h4-5,8-14H,1-3,6-7H2;1-5H;/q2*-1;+2. The van der Waals surface area contributed by atoms with Gasteiger partial charge < -0.3 is 0 Å². The van der Waals surface area contributed by atoms with Crippen LogP contribution in [0.25, 0.3) is 11.1 Å². The Labute approximate surface area is 150 Å². The first-order chi connectivity index (χ1) is 10.9. The molecule has 120 valence electrons. The summed E-state index contributed by atoms with van der Waals surface area (Å²) in [4.78, 5) is 0. The molecule has 0 saturated heterocycles. The van der Waals surface area contributed by atoms with Gasteiger partial charge in [0, 0.05) is 0 Å². The van der Waals surface area contributed by atoms with Gasteiger partial charge in [0.1, 0.15) is 0 Å². The van der Waals surface area contributed by atoms with E-state index in [1.165, 1.54) is 43.2 Å². The predicted octanol–water partition coefficient (Wildman–Crippen LogP) is 6.52. The molecule has 0 heterocycles. The van der Waals surface area contributed by atoms with Gasteiger partial charge in [0.2, 0.25) is 0 Å². The molecule has 1 heteroatoms. The van der Waals surface area contributed by atoms with Crippen LogP contribution in [-0.2, 0) is 17.1 Å². The number of hydrogen-bond acceptors (Lipinski definition) is 0. The minimum atomic E-state index is 0. The van der Waals surface area contributed by atoms with Gasteiger partial charge in [-0.2, -0.15) is 42.0 Å². The average Bonchev–Trinajstić information content (AvgIpc) is 3.32. The van der Waals surface area contributed by atoms with Crippen molar-refractivity contribution in [2.45, 2.75) is 38.0 Å². The average molecular weight is 344 g/mol. The predicted molar refractivity (Wildman–Crippen MR) is 95.3 cm³/mol. The second-order valence-electron chi connectivity index (χ2n) is 6.09. The Morgan fingerprint density at radius 2 is 1.43 bits per heavy atom. The van der Waals surface area contributed by atoms with Crippen molar-refractivity contribution in [3.8, 4) is 11.1 Å². The molecule has 1 aliphatic carbocycles. The van der Waals surface area contributed by atoms with Gasteiger partial charge in [-0.25, -0.2) is 12.1 Å². The molecule has 3 aromatic rings. The second-order valence-corrected chi connectivity index (χ2v) is 6.09. The smallest absolute Gasteiger partial charge is 0.214 e.